The number of aryl methyl sites for hydroxylation is 1. The topological polar surface area (TPSA) is 48.4 Å². The van der Waals surface area contributed by atoms with Crippen LogP contribution in [0.15, 0.2) is 24.4 Å². The zero-order valence-electron chi connectivity index (χ0n) is 10.5. The molecule has 0 radical (unpaired) electrons. The predicted octanol–water partition coefficient (Wildman–Crippen LogP) is 3.28. The number of nitrogens with zero attached hydrogens (tertiary/aromatic N) is 1. The van der Waals surface area contributed by atoms with Gasteiger partial charge in [-0.2, -0.15) is 0 Å². The maximum absolute atomic E-state index is 12.1. The highest BCUT2D eigenvalue weighted by Gasteiger charge is 2.22. The average molecular weight is 257 g/mol. The van der Waals surface area contributed by atoms with Crippen molar-refractivity contribution in [2.75, 3.05) is 19.4 Å². The molecule has 1 aromatic heterocycles. The molecule has 0 aliphatic rings. The van der Waals surface area contributed by atoms with Crippen molar-refractivity contribution in [3.8, 4) is 0 Å². The van der Waals surface area contributed by atoms with E-state index in [4.69, 9.17) is 9.05 Å². The summed E-state index contributed by atoms with van der Waals surface area (Å²) in [4.78, 5) is 4.22. The molecule has 0 saturated heterocycles. The minimum Gasteiger partial charge on any atom is -0.309 e. The average Bonchev–Trinajstić information content (AvgIpc) is 2.31. The van der Waals surface area contributed by atoms with Gasteiger partial charge in [-0.3, -0.25) is 9.55 Å². The second-order valence-electron chi connectivity index (χ2n) is 3.59. The van der Waals surface area contributed by atoms with Gasteiger partial charge in [-0.05, 0) is 38.8 Å². The lowest BCUT2D eigenvalue weighted by molar-refractivity contribution is 0.220. The number of rotatable bonds is 8. The summed E-state index contributed by atoms with van der Waals surface area (Å²) in [5, 5.41) is 0. The third kappa shape index (κ3) is 5.44. The molecule has 0 unspecified atom stereocenters. The first-order valence-electron chi connectivity index (χ1n) is 5.98. The van der Waals surface area contributed by atoms with Crippen LogP contribution in [0.3, 0.4) is 0 Å². The van der Waals surface area contributed by atoms with Crippen molar-refractivity contribution in [1.29, 1.82) is 0 Å². The van der Waals surface area contributed by atoms with E-state index in [1.54, 1.807) is 6.20 Å². The van der Waals surface area contributed by atoms with Crippen molar-refractivity contribution >= 4 is 7.60 Å². The molecule has 96 valence electrons. The van der Waals surface area contributed by atoms with Gasteiger partial charge in [0.1, 0.15) is 0 Å². The van der Waals surface area contributed by atoms with Crippen molar-refractivity contribution in [3.63, 3.8) is 0 Å². The second kappa shape index (κ2) is 7.59. The predicted molar refractivity (Wildman–Crippen MR) is 68.3 cm³/mol. The normalized spacial score (nSPS) is 11.6. The van der Waals surface area contributed by atoms with Crippen LogP contribution in [0.4, 0.5) is 0 Å². The van der Waals surface area contributed by atoms with Crippen LogP contribution < -0.4 is 0 Å². The van der Waals surface area contributed by atoms with E-state index in [1.807, 2.05) is 32.0 Å². The summed E-state index contributed by atoms with van der Waals surface area (Å²) < 4.78 is 22.6. The molecule has 17 heavy (non-hydrogen) atoms. The Bertz CT molecular complexity index is 346. The molecule has 0 amide bonds. The second-order valence-corrected chi connectivity index (χ2v) is 5.78. The fourth-order valence-electron chi connectivity index (χ4n) is 1.56. The highest BCUT2D eigenvalue weighted by molar-refractivity contribution is 7.53. The van der Waals surface area contributed by atoms with Crippen molar-refractivity contribution in [1.82, 2.24) is 4.98 Å². The van der Waals surface area contributed by atoms with E-state index in [9.17, 15) is 4.57 Å². The molecule has 1 aromatic rings. The number of pyridine rings is 1. The molecule has 0 N–H and O–H groups in total. The zero-order valence-corrected chi connectivity index (χ0v) is 11.4. The maximum Gasteiger partial charge on any atom is 0.330 e. The Morgan fingerprint density at radius 1 is 1.24 bits per heavy atom. The van der Waals surface area contributed by atoms with E-state index in [0.29, 0.717) is 19.4 Å². The van der Waals surface area contributed by atoms with Crippen LogP contribution in [-0.2, 0) is 20.0 Å². The van der Waals surface area contributed by atoms with E-state index in [1.165, 1.54) is 0 Å². The van der Waals surface area contributed by atoms with E-state index < -0.39 is 7.60 Å². The molecular formula is C12H20NO3P. The molecule has 0 fully saturated rings. The van der Waals surface area contributed by atoms with Gasteiger partial charge in [-0.15, -0.1) is 0 Å². The van der Waals surface area contributed by atoms with Crippen LogP contribution in [0.1, 0.15) is 26.0 Å². The summed E-state index contributed by atoms with van der Waals surface area (Å²) in [5.41, 5.74) is 1.01. The smallest absolute Gasteiger partial charge is 0.309 e. The van der Waals surface area contributed by atoms with Gasteiger partial charge in [0, 0.05) is 11.9 Å². The lowest BCUT2D eigenvalue weighted by Crippen LogP contribution is -2.02. The van der Waals surface area contributed by atoms with Gasteiger partial charge in [0.05, 0.1) is 19.4 Å². The Morgan fingerprint density at radius 2 is 1.94 bits per heavy atom. The Balaban J connectivity index is 2.40. The van der Waals surface area contributed by atoms with E-state index in [2.05, 4.69) is 4.98 Å². The van der Waals surface area contributed by atoms with Gasteiger partial charge in [0.25, 0.3) is 0 Å². The van der Waals surface area contributed by atoms with Crippen LogP contribution in [-0.4, -0.2) is 24.4 Å². The molecule has 0 aliphatic carbocycles. The fraction of sp³-hybridized carbons (Fsp3) is 0.583. The maximum atomic E-state index is 12.1. The van der Waals surface area contributed by atoms with Crippen LogP contribution in [0, 0.1) is 0 Å². The van der Waals surface area contributed by atoms with Crippen LogP contribution in [0.2, 0.25) is 0 Å². The highest BCUT2D eigenvalue weighted by atomic mass is 31.2. The highest BCUT2D eigenvalue weighted by Crippen LogP contribution is 2.48. The molecule has 0 spiro atoms. The SMILES string of the molecule is CCOP(=O)(CCCc1ccccn1)OCC. The van der Waals surface area contributed by atoms with Crippen LogP contribution >= 0.6 is 7.60 Å². The number of hydrogen-bond acceptors (Lipinski definition) is 4. The Morgan fingerprint density at radius 3 is 2.47 bits per heavy atom. The third-order valence-corrected chi connectivity index (χ3v) is 4.41. The first kappa shape index (κ1) is 14.4. The van der Waals surface area contributed by atoms with Gasteiger partial charge >= 0.3 is 7.60 Å². The minimum atomic E-state index is -2.88. The molecular weight excluding hydrogens is 237 g/mol. The first-order valence-corrected chi connectivity index (χ1v) is 7.71. The standard InChI is InChI=1S/C12H20NO3P/c1-3-15-17(14,16-4-2)11-7-9-12-8-5-6-10-13-12/h5-6,8,10H,3-4,7,9,11H2,1-2H3. The van der Waals surface area contributed by atoms with Gasteiger partial charge in [0.2, 0.25) is 0 Å². The number of aromatic nitrogens is 1. The summed E-state index contributed by atoms with van der Waals surface area (Å²) in [6.07, 6.45) is 3.77. The van der Waals surface area contributed by atoms with Gasteiger partial charge in [-0.25, -0.2) is 0 Å². The number of hydrogen-bond donors (Lipinski definition) is 0. The minimum absolute atomic E-state index is 0.418. The van der Waals surface area contributed by atoms with Crippen LogP contribution in [0.25, 0.3) is 0 Å². The van der Waals surface area contributed by atoms with Crippen molar-refractivity contribution in [2.45, 2.75) is 26.7 Å². The van der Waals surface area contributed by atoms with Crippen molar-refractivity contribution in [2.24, 2.45) is 0 Å². The zero-order chi connectivity index (χ0) is 12.6. The van der Waals surface area contributed by atoms with Crippen molar-refractivity contribution in [3.05, 3.63) is 30.1 Å². The fourth-order valence-corrected chi connectivity index (χ4v) is 3.22. The third-order valence-electron chi connectivity index (χ3n) is 2.24. The monoisotopic (exact) mass is 257 g/mol. The van der Waals surface area contributed by atoms with E-state index in [0.717, 1.165) is 18.5 Å². The first-order chi connectivity index (χ1) is 8.20. The summed E-state index contributed by atoms with van der Waals surface area (Å²) in [7, 11) is -2.88. The van der Waals surface area contributed by atoms with Crippen LogP contribution in [0.5, 0.6) is 0 Å². The summed E-state index contributed by atoms with van der Waals surface area (Å²) in [6, 6.07) is 5.80. The Hall–Kier alpha value is -0.700. The van der Waals surface area contributed by atoms with E-state index in [-0.39, 0.29) is 0 Å². The lowest BCUT2D eigenvalue weighted by atomic mass is 10.2. The van der Waals surface area contributed by atoms with E-state index >= 15 is 0 Å². The molecule has 1 heterocycles. The molecule has 5 heteroatoms. The summed E-state index contributed by atoms with van der Waals surface area (Å²) in [6.45, 7) is 4.48. The Labute approximate surface area is 103 Å². The molecule has 0 atom stereocenters. The molecule has 4 nitrogen and oxygen atoms in total. The molecule has 0 saturated carbocycles. The molecule has 0 bridgehead atoms. The van der Waals surface area contributed by atoms with Gasteiger partial charge < -0.3 is 9.05 Å². The van der Waals surface area contributed by atoms with Gasteiger partial charge in [0.15, 0.2) is 0 Å². The largest absolute Gasteiger partial charge is 0.330 e. The quantitative estimate of drug-likeness (QED) is 0.670. The summed E-state index contributed by atoms with van der Waals surface area (Å²) in [5.74, 6) is 0. The Kier molecular flexibility index (Phi) is 6.41. The molecule has 0 aliphatic heterocycles. The molecule has 0 aromatic carbocycles. The van der Waals surface area contributed by atoms with Crippen molar-refractivity contribution < 1.29 is 13.6 Å². The summed E-state index contributed by atoms with van der Waals surface area (Å²) >= 11 is 0. The lowest BCUT2D eigenvalue weighted by Gasteiger charge is -2.16. The van der Waals surface area contributed by atoms with Gasteiger partial charge in [-0.1, -0.05) is 6.07 Å². The molecule has 1 rings (SSSR count).